The summed E-state index contributed by atoms with van der Waals surface area (Å²) in [4.78, 5) is 43.1. The van der Waals surface area contributed by atoms with Crippen molar-refractivity contribution in [2.24, 2.45) is 0 Å². The number of rotatable bonds is 9. The largest absolute Gasteiger partial charge is 0.321 e. The molecule has 0 aliphatic rings. The summed E-state index contributed by atoms with van der Waals surface area (Å²) in [6, 6.07) is 23.2. The highest BCUT2D eigenvalue weighted by molar-refractivity contribution is 9.10. The Bertz CT molecular complexity index is 1430. The second kappa shape index (κ2) is 13.0. The van der Waals surface area contributed by atoms with Crippen molar-refractivity contribution in [2.45, 2.75) is 4.90 Å². The van der Waals surface area contributed by atoms with Crippen LogP contribution in [0.15, 0.2) is 106 Å². The van der Waals surface area contributed by atoms with Crippen LogP contribution in [0.5, 0.6) is 0 Å². The Labute approximate surface area is 230 Å². The number of hydrogen-bond acceptors (Lipinski definition) is 6. The van der Waals surface area contributed by atoms with E-state index in [1.165, 1.54) is 23.1 Å². The van der Waals surface area contributed by atoms with Crippen LogP contribution in [-0.4, -0.2) is 28.5 Å². The van der Waals surface area contributed by atoms with Gasteiger partial charge >= 0.3 is 0 Å². The molecule has 0 aliphatic carbocycles. The molecule has 186 valence electrons. The lowest BCUT2D eigenvalue weighted by molar-refractivity contribution is -0.114. The van der Waals surface area contributed by atoms with Gasteiger partial charge in [0.1, 0.15) is 5.70 Å². The fraction of sp³-hybridized carbons (Fsp3) is 0.0370. The minimum absolute atomic E-state index is 0.0906. The van der Waals surface area contributed by atoms with Crippen LogP contribution >= 0.6 is 39.0 Å². The highest BCUT2D eigenvalue weighted by Crippen LogP contribution is 2.23. The number of aromatic nitrogens is 1. The molecule has 4 aromatic rings. The Morgan fingerprint density at radius 3 is 2.51 bits per heavy atom. The molecule has 1 heterocycles. The number of carbonyl (C=O) groups excluding carboxylic acids is 3. The molecular weight excluding hydrogens is 572 g/mol. The number of anilines is 2. The van der Waals surface area contributed by atoms with E-state index in [0.717, 1.165) is 14.9 Å². The van der Waals surface area contributed by atoms with E-state index in [-0.39, 0.29) is 17.4 Å². The molecular formula is C27H21BrN4O3S2. The zero-order chi connectivity index (χ0) is 26.0. The molecule has 3 N–H and O–H groups in total. The maximum Gasteiger partial charge on any atom is 0.272 e. The molecule has 3 aromatic carbocycles. The third kappa shape index (κ3) is 8.14. The Hall–Kier alpha value is -3.73. The average molecular weight is 594 g/mol. The van der Waals surface area contributed by atoms with Gasteiger partial charge < -0.3 is 16.0 Å². The summed E-state index contributed by atoms with van der Waals surface area (Å²) in [5.41, 5.74) is 1.80. The third-order valence-electron chi connectivity index (χ3n) is 4.83. The number of amides is 3. The molecule has 3 amide bonds. The Morgan fingerprint density at radius 1 is 0.946 bits per heavy atom. The lowest BCUT2D eigenvalue weighted by Gasteiger charge is -2.12. The topological polar surface area (TPSA) is 100 Å². The molecule has 0 spiro atoms. The fourth-order valence-corrected chi connectivity index (χ4v) is 4.87. The van der Waals surface area contributed by atoms with Crippen molar-refractivity contribution in [3.05, 3.63) is 112 Å². The molecule has 0 radical (unpaired) electrons. The van der Waals surface area contributed by atoms with Gasteiger partial charge in [-0.3, -0.25) is 14.4 Å². The summed E-state index contributed by atoms with van der Waals surface area (Å²) < 4.78 is 0.846. The molecule has 7 nitrogen and oxygen atoms in total. The van der Waals surface area contributed by atoms with E-state index < -0.39 is 11.8 Å². The first-order chi connectivity index (χ1) is 18.0. The molecule has 0 unspecified atom stereocenters. The predicted molar refractivity (Wildman–Crippen MR) is 153 cm³/mol. The molecule has 0 fully saturated rings. The van der Waals surface area contributed by atoms with Crippen LogP contribution in [0.1, 0.15) is 15.9 Å². The second-order valence-corrected chi connectivity index (χ2v) is 10.4. The third-order valence-corrected chi connectivity index (χ3v) is 7.00. The zero-order valence-corrected chi connectivity index (χ0v) is 22.5. The summed E-state index contributed by atoms with van der Waals surface area (Å²) >= 11 is 6.12. The van der Waals surface area contributed by atoms with Gasteiger partial charge in [-0.15, -0.1) is 23.1 Å². The van der Waals surface area contributed by atoms with E-state index in [1.807, 2.05) is 36.4 Å². The lowest BCUT2D eigenvalue weighted by atomic mass is 10.1. The van der Waals surface area contributed by atoms with Crippen molar-refractivity contribution >= 4 is 73.6 Å². The summed E-state index contributed by atoms with van der Waals surface area (Å²) in [5.74, 6) is -0.851. The molecule has 10 heteroatoms. The van der Waals surface area contributed by atoms with Crippen molar-refractivity contribution in [1.29, 1.82) is 0 Å². The van der Waals surface area contributed by atoms with Gasteiger partial charge in [0.2, 0.25) is 5.91 Å². The number of nitrogens with one attached hydrogen (secondary N) is 3. The van der Waals surface area contributed by atoms with Crippen LogP contribution in [0.3, 0.4) is 0 Å². The summed E-state index contributed by atoms with van der Waals surface area (Å²) in [5, 5.41) is 10.6. The Morgan fingerprint density at radius 2 is 1.76 bits per heavy atom. The molecule has 1 aromatic heterocycles. The standard InChI is InChI=1S/C27H21BrN4O3S2/c28-20-9-4-6-18(14-20)15-23(31-25(34)19-7-2-1-3-8-19)26(35)30-21-10-5-11-22(16-21)37-17-24(33)32-27-29-12-13-36-27/h1-16H,17H2,(H,30,35)(H,31,34)(H,29,32,33)/b23-15+. The van der Waals surface area contributed by atoms with Gasteiger partial charge in [0.15, 0.2) is 5.13 Å². The summed E-state index contributed by atoms with van der Waals surface area (Å²) in [6.45, 7) is 0. The molecule has 0 saturated heterocycles. The molecule has 0 atom stereocenters. The van der Waals surface area contributed by atoms with Crippen LogP contribution < -0.4 is 16.0 Å². The van der Waals surface area contributed by atoms with Gasteiger partial charge in [-0.1, -0.05) is 52.3 Å². The number of halogens is 1. The number of thioether (sulfide) groups is 1. The van der Waals surface area contributed by atoms with Crippen molar-refractivity contribution < 1.29 is 14.4 Å². The van der Waals surface area contributed by atoms with Gasteiger partial charge in [-0.05, 0) is 54.1 Å². The van der Waals surface area contributed by atoms with Gasteiger partial charge in [-0.25, -0.2) is 4.98 Å². The summed E-state index contributed by atoms with van der Waals surface area (Å²) in [7, 11) is 0. The smallest absolute Gasteiger partial charge is 0.272 e. The number of hydrogen-bond donors (Lipinski definition) is 3. The van der Waals surface area contributed by atoms with Crippen molar-refractivity contribution in [3.63, 3.8) is 0 Å². The monoisotopic (exact) mass is 592 g/mol. The maximum atomic E-state index is 13.2. The SMILES string of the molecule is O=C(CSc1cccc(NC(=O)/C(=C\c2cccc(Br)c2)NC(=O)c2ccccc2)c1)Nc1nccs1. The molecule has 0 bridgehead atoms. The van der Waals surface area contributed by atoms with E-state index in [0.29, 0.717) is 16.4 Å². The Balaban J connectivity index is 1.47. The molecule has 0 saturated carbocycles. The maximum absolute atomic E-state index is 13.2. The van der Waals surface area contributed by atoms with Crippen molar-refractivity contribution in [1.82, 2.24) is 10.3 Å². The highest BCUT2D eigenvalue weighted by Gasteiger charge is 2.15. The first-order valence-electron chi connectivity index (χ1n) is 11.0. The lowest BCUT2D eigenvalue weighted by Crippen LogP contribution is -2.30. The number of thiazole rings is 1. The van der Waals surface area contributed by atoms with Gasteiger partial charge in [0.05, 0.1) is 5.75 Å². The number of carbonyl (C=O) groups is 3. The minimum Gasteiger partial charge on any atom is -0.321 e. The summed E-state index contributed by atoms with van der Waals surface area (Å²) in [6.07, 6.45) is 3.24. The fourth-order valence-electron chi connectivity index (χ4n) is 3.16. The van der Waals surface area contributed by atoms with Crippen LogP contribution in [0.4, 0.5) is 10.8 Å². The van der Waals surface area contributed by atoms with Gasteiger partial charge in [0, 0.05) is 32.2 Å². The second-order valence-electron chi connectivity index (χ2n) is 7.59. The van der Waals surface area contributed by atoms with E-state index in [4.69, 9.17) is 0 Å². The van der Waals surface area contributed by atoms with Crippen LogP contribution in [0.25, 0.3) is 6.08 Å². The van der Waals surface area contributed by atoms with Crippen LogP contribution in [-0.2, 0) is 9.59 Å². The van der Waals surface area contributed by atoms with E-state index in [9.17, 15) is 14.4 Å². The first kappa shape index (κ1) is 26.3. The highest BCUT2D eigenvalue weighted by atomic mass is 79.9. The zero-order valence-electron chi connectivity index (χ0n) is 19.3. The molecule has 37 heavy (non-hydrogen) atoms. The number of nitrogens with zero attached hydrogens (tertiary/aromatic N) is 1. The molecule has 0 aliphatic heterocycles. The molecule has 4 rings (SSSR count). The van der Waals surface area contributed by atoms with Crippen LogP contribution in [0.2, 0.25) is 0 Å². The Kier molecular flexibility index (Phi) is 9.25. The van der Waals surface area contributed by atoms with Gasteiger partial charge in [-0.2, -0.15) is 0 Å². The van der Waals surface area contributed by atoms with Crippen LogP contribution in [0, 0.1) is 0 Å². The minimum atomic E-state index is -0.479. The normalized spacial score (nSPS) is 11.0. The van der Waals surface area contributed by atoms with Gasteiger partial charge in [0.25, 0.3) is 11.8 Å². The van der Waals surface area contributed by atoms with Crippen molar-refractivity contribution in [2.75, 3.05) is 16.4 Å². The number of benzene rings is 3. The van der Waals surface area contributed by atoms with E-state index >= 15 is 0 Å². The van der Waals surface area contributed by atoms with E-state index in [1.54, 1.807) is 60.1 Å². The quantitative estimate of drug-likeness (QED) is 0.162. The first-order valence-corrected chi connectivity index (χ1v) is 13.7. The predicted octanol–water partition coefficient (Wildman–Crippen LogP) is 6.05. The van der Waals surface area contributed by atoms with Crippen molar-refractivity contribution in [3.8, 4) is 0 Å². The van der Waals surface area contributed by atoms with E-state index in [2.05, 4.69) is 36.9 Å². The average Bonchev–Trinajstić information content (AvgIpc) is 3.41.